The maximum absolute atomic E-state index is 12.8. The smallest absolute Gasteiger partial charge is 0.475 e. The van der Waals surface area contributed by atoms with Crippen LogP contribution in [0.15, 0.2) is 42.9 Å². The van der Waals surface area contributed by atoms with Crippen LogP contribution in [0.4, 0.5) is 13.2 Å². The summed E-state index contributed by atoms with van der Waals surface area (Å²) in [5.41, 5.74) is 1.68. The van der Waals surface area contributed by atoms with Crippen molar-refractivity contribution in [3.63, 3.8) is 0 Å². The van der Waals surface area contributed by atoms with Crippen LogP contribution in [0, 0.1) is 11.8 Å². The minimum Gasteiger partial charge on any atom is -0.475 e. The number of aromatic amines is 1. The number of alkyl halides is 3. The van der Waals surface area contributed by atoms with Crippen molar-refractivity contribution in [3.05, 3.63) is 54.1 Å². The first-order chi connectivity index (χ1) is 14.7. The van der Waals surface area contributed by atoms with E-state index in [2.05, 4.69) is 9.97 Å². The highest BCUT2D eigenvalue weighted by Gasteiger charge is 2.44. The van der Waals surface area contributed by atoms with Crippen molar-refractivity contribution in [1.82, 2.24) is 19.8 Å². The van der Waals surface area contributed by atoms with Crippen LogP contribution in [0.25, 0.3) is 0 Å². The van der Waals surface area contributed by atoms with E-state index in [0.29, 0.717) is 25.3 Å². The summed E-state index contributed by atoms with van der Waals surface area (Å²) in [7, 11) is 0. The van der Waals surface area contributed by atoms with E-state index in [1.54, 1.807) is 24.7 Å². The Hall–Kier alpha value is -3.37. The molecule has 2 aliphatic rings. The zero-order valence-corrected chi connectivity index (χ0v) is 16.4. The first kappa shape index (κ1) is 22.3. The summed E-state index contributed by atoms with van der Waals surface area (Å²) in [5.74, 6) is -2.38. The van der Waals surface area contributed by atoms with Gasteiger partial charge in [-0.25, -0.2) is 4.79 Å². The molecule has 2 fully saturated rings. The molecule has 31 heavy (non-hydrogen) atoms. The number of pyridine rings is 1. The molecule has 0 unspecified atom stereocenters. The largest absolute Gasteiger partial charge is 0.490 e. The molecule has 0 bridgehead atoms. The number of amides is 2. The highest BCUT2D eigenvalue weighted by Crippen LogP contribution is 2.33. The second-order valence-electron chi connectivity index (χ2n) is 7.37. The third kappa shape index (κ3) is 5.41. The molecule has 0 radical (unpaired) electrons. The quantitative estimate of drug-likeness (QED) is 0.764. The van der Waals surface area contributed by atoms with Crippen molar-refractivity contribution in [2.75, 3.05) is 19.6 Å². The van der Waals surface area contributed by atoms with E-state index in [1.807, 2.05) is 28.0 Å². The normalized spacial score (nSPS) is 20.7. The van der Waals surface area contributed by atoms with E-state index < -0.39 is 12.1 Å². The first-order valence-corrected chi connectivity index (χ1v) is 9.57. The molecule has 2 saturated heterocycles. The standard InChI is InChI=1S/C18H20N4O2.C2HF3O2/c23-17-15-12-22(18(24)16-2-1-6-20-16)11-14(15)5-9-21(17)10-13-3-7-19-8-4-13;3-2(4,5)1(6)7/h1-4,6-8,14-15,20H,5,9-12H2;(H,6,7)/t14-,15-;/m0./s1. The number of carbonyl (C=O) groups is 3. The number of nitrogens with one attached hydrogen (secondary N) is 1. The fraction of sp³-hybridized carbons (Fsp3) is 0.400. The van der Waals surface area contributed by atoms with Crippen LogP contribution in [0.5, 0.6) is 0 Å². The van der Waals surface area contributed by atoms with Crippen LogP contribution in [-0.2, 0) is 16.1 Å². The molecule has 166 valence electrons. The highest BCUT2D eigenvalue weighted by molar-refractivity contribution is 5.93. The third-order valence-corrected chi connectivity index (χ3v) is 5.32. The zero-order valence-electron chi connectivity index (χ0n) is 16.4. The van der Waals surface area contributed by atoms with Gasteiger partial charge in [0.2, 0.25) is 5.91 Å². The lowest BCUT2D eigenvalue weighted by Gasteiger charge is -2.33. The molecule has 0 aliphatic carbocycles. The van der Waals surface area contributed by atoms with Gasteiger partial charge >= 0.3 is 12.1 Å². The SMILES string of the molecule is O=C(O)C(F)(F)F.O=C(c1ccc[nH]1)N1C[C@@H]2CCN(Cc3ccncc3)C(=O)[C@H]2C1. The van der Waals surface area contributed by atoms with Gasteiger partial charge in [-0.1, -0.05) is 0 Å². The molecule has 2 aromatic rings. The number of carboxylic acids is 1. The van der Waals surface area contributed by atoms with E-state index in [4.69, 9.17) is 9.90 Å². The van der Waals surface area contributed by atoms with E-state index in [1.165, 1.54) is 0 Å². The molecule has 4 rings (SSSR count). The van der Waals surface area contributed by atoms with Crippen LogP contribution in [0.3, 0.4) is 0 Å². The predicted octanol–water partition coefficient (Wildman–Crippen LogP) is 2.16. The Bertz CT molecular complexity index is 918. The number of aliphatic carboxylic acids is 1. The molecular weight excluding hydrogens is 417 g/mol. The maximum Gasteiger partial charge on any atom is 0.490 e. The van der Waals surface area contributed by atoms with Gasteiger partial charge in [0, 0.05) is 44.8 Å². The Kier molecular flexibility index (Phi) is 6.62. The minimum atomic E-state index is -5.08. The summed E-state index contributed by atoms with van der Waals surface area (Å²) in [4.78, 5) is 44.9. The first-order valence-electron chi connectivity index (χ1n) is 9.57. The van der Waals surface area contributed by atoms with Crippen molar-refractivity contribution in [2.24, 2.45) is 11.8 Å². The summed E-state index contributed by atoms with van der Waals surface area (Å²) in [6, 6.07) is 7.48. The molecule has 2 aromatic heterocycles. The number of carbonyl (C=O) groups excluding carboxylic acids is 2. The lowest BCUT2D eigenvalue weighted by Crippen LogP contribution is -2.44. The summed E-state index contributed by atoms with van der Waals surface area (Å²) in [6.07, 6.45) is 1.12. The summed E-state index contributed by atoms with van der Waals surface area (Å²) in [5, 5.41) is 7.12. The number of fused-ring (bicyclic) bond motifs is 1. The Morgan fingerprint density at radius 1 is 1.19 bits per heavy atom. The van der Waals surface area contributed by atoms with Gasteiger partial charge in [-0.2, -0.15) is 13.2 Å². The number of nitrogens with zero attached hydrogens (tertiary/aromatic N) is 3. The molecule has 11 heteroatoms. The van der Waals surface area contributed by atoms with Gasteiger partial charge in [0.15, 0.2) is 0 Å². The van der Waals surface area contributed by atoms with Gasteiger partial charge in [-0.15, -0.1) is 0 Å². The van der Waals surface area contributed by atoms with Gasteiger partial charge in [-0.3, -0.25) is 14.6 Å². The van der Waals surface area contributed by atoms with E-state index >= 15 is 0 Å². The fourth-order valence-electron chi connectivity index (χ4n) is 3.78. The molecule has 2 N–H and O–H groups in total. The Balaban J connectivity index is 0.000000339. The molecular formula is C20H21F3N4O4. The van der Waals surface area contributed by atoms with Gasteiger partial charge < -0.3 is 19.9 Å². The van der Waals surface area contributed by atoms with Gasteiger partial charge in [-0.05, 0) is 42.2 Å². The predicted molar refractivity (Wildman–Crippen MR) is 102 cm³/mol. The molecule has 2 amide bonds. The molecule has 0 spiro atoms. The van der Waals surface area contributed by atoms with Crippen molar-refractivity contribution in [2.45, 2.75) is 19.1 Å². The number of likely N-dealkylation sites (tertiary alicyclic amines) is 2. The lowest BCUT2D eigenvalue weighted by atomic mass is 9.88. The Morgan fingerprint density at radius 2 is 1.87 bits per heavy atom. The average Bonchev–Trinajstić information content (AvgIpc) is 3.40. The highest BCUT2D eigenvalue weighted by atomic mass is 19.4. The summed E-state index contributed by atoms with van der Waals surface area (Å²) >= 11 is 0. The monoisotopic (exact) mass is 438 g/mol. The van der Waals surface area contributed by atoms with Crippen LogP contribution >= 0.6 is 0 Å². The molecule has 2 aliphatic heterocycles. The Morgan fingerprint density at radius 3 is 2.45 bits per heavy atom. The molecule has 0 saturated carbocycles. The van der Waals surface area contributed by atoms with E-state index in [0.717, 1.165) is 18.5 Å². The molecule has 4 heterocycles. The zero-order chi connectivity index (χ0) is 22.6. The lowest BCUT2D eigenvalue weighted by molar-refractivity contribution is -0.192. The number of H-pyrrole nitrogens is 1. The number of hydrogen-bond acceptors (Lipinski definition) is 4. The van der Waals surface area contributed by atoms with Crippen LogP contribution in [0.2, 0.25) is 0 Å². The number of halogens is 3. The van der Waals surface area contributed by atoms with E-state index in [9.17, 15) is 22.8 Å². The van der Waals surface area contributed by atoms with Gasteiger partial charge in [0.25, 0.3) is 5.91 Å². The summed E-state index contributed by atoms with van der Waals surface area (Å²) < 4.78 is 31.7. The number of rotatable bonds is 3. The molecule has 2 atom stereocenters. The average molecular weight is 438 g/mol. The van der Waals surface area contributed by atoms with Crippen molar-refractivity contribution in [1.29, 1.82) is 0 Å². The second kappa shape index (κ2) is 9.19. The summed E-state index contributed by atoms with van der Waals surface area (Å²) in [6.45, 7) is 2.58. The maximum atomic E-state index is 12.8. The number of aromatic nitrogens is 2. The fourth-order valence-corrected chi connectivity index (χ4v) is 3.78. The van der Waals surface area contributed by atoms with Crippen molar-refractivity contribution in [3.8, 4) is 0 Å². The number of hydrogen-bond donors (Lipinski definition) is 2. The van der Waals surface area contributed by atoms with Gasteiger partial charge in [0.1, 0.15) is 5.69 Å². The van der Waals surface area contributed by atoms with Crippen LogP contribution < -0.4 is 0 Å². The van der Waals surface area contributed by atoms with Gasteiger partial charge in [0.05, 0.1) is 5.92 Å². The van der Waals surface area contributed by atoms with Crippen molar-refractivity contribution < 1.29 is 32.7 Å². The number of piperidine rings is 1. The topological polar surface area (TPSA) is 107 Å². The second-order valence-corrected chi connectivity index (χ2v) is 7.37. The molecule has 8 nitrogen and oxygen atoms in total. The Labute approximate surface area is 175 Å². The number of carboxylic acid groups (broad SMARTS) is 1. The third-order valence-electron chi connectivity index (χ3n) is 5.32. The minimum absolute atomic E-state index is 0.0112. The van der Waals surface area contributed by atoms with Crippen molar-refractivity contribution >= 4 is 17.8 Å². The molecule has 0 aromatic carbocycles. The van der Waals surface area contributed by atoms with E-state index in [-0.39, 0.29) is 23.7 Å². The van der Waals surface area contributed by atoms with Crippen LogP contribution in [0.1, 0.15) is 22.5 Å². The van der Waals surface area contributed by atoms with Crippen LogP contribution in [-0.4, -0.2) is 68.5 Å².